The van der Waals surface area contributed by atoms with E-state index in [1.807, 2.05) is 0 Å². The van der Waals surface area contributed by atoms with Gasteiger partial charge < -0.3 is 33.2 Å². The lowest BCUT2D eigenvalue weighted by Crippen LogP contribution is -2.72. The monoisotopic (exact) mass is 584 g/mol. The van der Waals surface area contributed by atoms with Crippen molar-refractivity contribution in [1.82, 2.24) is 0 Å². The SMILES string of the molecule is COc1ccc(C(=O)[C@H]2CCO[C@@]3(O2)C(OC(C)=O)C(OC(C)=O)C(OC(C)=O)C[C@@H]3OC(=O)c2ccccc2)cc1. The molecular weight excluding hydrogens is 552 g/mol. The molecule has 4 rings (SSSR count). The summed E-state index contributed by atoms with van der Waals surface area (Å²) in [6, 6.07) is 14.5. The Kier molecular flexibility index (Phi) is 9.59. The van der Waals surface area contributed by atoms with Crippen LogP contribution in [-0.4, -0.2) is 79.7 Å². The number of hydrogen-bond donors (Lipinski definition) is 0. The Balaban J connectivity index is 1.78. The summed E-state index contributed by atoms with van der Waals surface area (Å²) in [5, 5.41) is 0. The van der Waals surface area contributed by atoms with Gasteiger partial charge in [0.15, 0.2) is 24.1 Å². The minimum atomic E-state index is -2.11. The van der Waals surface area contributed by atoms with Crippen molar-refractivity contribution in [1.29, 1.82) is 0 Å². The van der Waals surface area contributed by atoms with Crippen LogP contribution >= 0.6 is 0 Å². The van der Waals surface area contributed by atoms with Crippen LogP contribution in [0.5, 0.6) is 5.75 Å². The molecule has 6 atom stereocenters. The summed E-state index contributed by atoms with van der Waals surface area (Å²) < 4.78 is 40.0. The quantitative estimate of drug-likeness (QED) is 0.255. The van der Waals surface area contributed by atoms with Gasteiger partial charge >= 0.3 is 23.9 Å². The van der Waals surface area contributed by atoms with Crippen molar-refractivity contribution in [2.24, 2.45) is 0 Å². The molecule has 2 aliphatic rings. The van der Waals surface area contributed by atoms with Crippen molar-refractivity contribution >= 4 is 29.7 Å². The van der Waals surface area contributed by atoms with Gasteiger partial charge in [-0.3, -0.25) is 19.2 Å². The molecule has 1 saturated carbocycles. The van der Waals surface area contributed by atoms with Crippen LogP contribution in [-0.2, 0) is 42.8 Å². The van der Waals surface area contributed by atoms with Crippen molar-refractivity contribution in [3.63, 3.8) is 0 Å². The van der Waals surface area contributed by atoms with Crippen LogP contribution < -0.4 is 4.74 Å². The van der Waals surface area contributed by atoms with Crippen LogP contribution in [0.2, 0.25) is 0 Å². The van der Waals surface area contributed by atoms with Crippen LogP contribution in [0, 0.1) is 0 Å². The molecule has 1 heterocycles. The number of rotatable bonds is 8. The third kappa shape index (κ3) is 6.77. The summed E-state index contributed by atoms with van der Waals surface area (Å²) >= 11 is 0. The van der Waals surface area contributed by atoms with E-state index in [9.17, 15) is 24.0 Å². The highest BCUT2D eigenvalue weighted by Crippen LogP contribution is 2.44. The van der Waals surface area contributed by atoms with Crippen LogP contribution in [0.1, 0.15) is 54.3 Å². The maximum Gasteiger partial charge on any atom is 0.338 e. The summed E-state index contributed by atoms with van der Waals surface area (Å²) in [6.07, 6.45) is -6.90. The maximum atomic E-state index is 13.6. The van der Waals surface area contributed by atoms with Gasteiger partial charge in [0.05, 0.1) is 19.3 Å². The van der Waals surface area contributed by atoms with E-state index in [4.69, 9.17) is 33.2 Å². The van der Waals surface area contributed by atoms with E-state index in [1.165, 1.54) is 19.2 Å². The second kappa shape index (κ2) is 13.1. The number of esters is 4. The number of carbonyl (C=O) groups is 5. The number of benzene rings is 2. The first kappa shape index (κ1) is 30.7. The van der Waals surface area contributed by atoms with Crippen molar-refractivity contribution in [2.45, 2.75) is 69.9 Å². The standard InChI is InChI=1S/C30H32O12/c1-17(31)38-24-16-25(41-29(35)21-8-6-5-7-9-21)30(28(40-19(3)33)27(24)39-18(2)32)37-15-14-23(42-30)26(34)20-10-12-22(36-4)13-11-20/h5-13,23-25,27-28H,14-16H2,1-4H3/t23-,24?,25+,27?,28?,30+/m1/s1. The van der Waals surface area contributed by atoms with Crippen LogP contribution in [0.15, 0.2) is 54.6 Å². The van der Waals surface area contributed by atoms with Crippen LogP contribution in [0.3, 0.4) is 0 Å². The number of Topliss-reactive ketones (excluding diaryl/α,β-unsaturated/α-hetero) is 1. The summed E-state index contributed by atoms with van der Waals surface area (Å²) in [4.78, 5) is 63.4. The summed E-state index contributed by atoms with van der Waals surface area (Å²) in [7, 11) is 1.50. The summed E-state index contributed by atoms with van der Waals surface area (Å²) in [5.41, 5.74) is 0.509. The molecule has 12 heteroatoms. The number of ether oxygens (including phenoxy) is 7. The van der Waals surface area contributed by atoms with Crippen LogP contribution in [0.25, 0.3) is 0 Å². The van der Waals surface area contributed by atoms with E-state index in [0.29, 0.717) is 11.3 Å². The highest BCUT2D eigenvalue weighted by molar-refractivity contribution is 5.99. The Morgan fingerprint density at radius 2 is 1.43 bits per heavy atom. The lowest BCUT2D eigenvalue weighted by Gasteiger charge is -2.53. The van der Waals surface area contributed by atoms with E-state index in [2.05, 4.69) is 0 Å². The molecule has 0 radical (unpaired) electrons. The Morgan fingerprint density at radius 3 is 2.02 bits per heavy atom. The van der Waals surface area contributed by atoms with E-state index in [1.54, 1.807) is 42.5 Å². The molecule has 0 N–H and O–H groups in total. The molecule has 2 aromatic rings. The van der Waals surface area contributed by atoms with E-state index >= 15 is 0 Å². The first-order chi connectivity index (χ1) is 20.0. The van der Waals surface area contributed by atoms with E-state index < -0.39 is 66.0 Å². The Bertz CT molecular complexity index is 1310. The molecule has 12 nitrogen and oxygen atoms in total. The second-order valence-corrected chi connectivity index (χ2v) is 9.81. The van der Waals surface area contributed by atoms with Crippen molar-refractivity contribution < 1.29 is 57.1 Å². The van der Waals surface area contributed by atoms with Gasteiger partial charge in [-0.1, -0.05) is 18.2 Å². The van der Waals surface area contributed by atoms with Crippen LogP contribution in [0.4, 0.5) is 0 Å². The van der Waals surface area contributed by atoms with Gasteiger partial charge in [0.1, 0.15) is 18.0 Å². The zero-order valence-electron chi connectivity index (χ0n) is 23.6. The Morgan fingerprint density at radius 1 is 0.786 bits per heavy atom. The number of carbonyl (C=O) groups excluding carboxylic acids is 5. The highest BCUT2D eigenvalue weighted by atomic mass is 16.8. The third-order valence-corrected chi connectivity index (χ3v) is 6.83. The first-order valence-electron chi connectivity index (χ1n) is 13.3. The lowest BCUT2D eigenvalue weighted by molar-refractivity contribution is -0.382. The number of ketones is 1. The third-order valence-electron chi connectivity index (χ3n) is 6.83. The topological polar surface area (TPSA) is 150 Å². The van der Waals surface area contributed by atoms with Gasteiger partial charge in [0, 0.05) is 39.2 Å². The molecule has 0 amide bonds. The molecule has 0 bridgehead atoms. The molecule has 1 aliphatic carbocycles. The molecule has 2 fully saturated rings. The average molecular weight is 585 g/mol. The first-order valence-corrected chi connectivity index (χ1v) is 13.3. The molecular formula is C30H32O12. The van der Waals surface area contributed by atoms with Gasteiger partial charge in [-0.15, -0.1) is 0 Å². The summed E-state index contributed by atoms with van der Waals surface area (Å²) in [5.74, 6) is -5.06. The van der Waals surface area contributed by atoms with Crippen molar-refractivity contribution in [2.75, 3.05) is 13.7 Å². The summed E-state index contributed by atoms with van der Waals surface area (Å²) in [6.45, 7) is 3.32. The van der Waals surface area contributed by atoms with Crippen molar-refractivity contribution in [3.8, 4) is 5.75 Å². The molecule has 1 spiro atoms. The zero-order chi connectivity index (χ0) is 30.4. The zero-order valence-corrected chi connectivity index (χ0v) is 23.6. The predicted molar refractivity (Wildman–Crippen MR) is 142 cm³/mol. The predicted octanol–water partition coefficient (Wildman–Crippen LogP) is 2.80. The average Bonchev–Trinajstić information content (AvgIpc) is 2.97. The van der Waals surface area contributed by atoms with Gasteiger partial charge in [-0.25, -0.2) is 4.79 Å². The fourth-order valence-electron chi connectivity index (χ4n) is 5.09. The molecule has 42 heavy (non-hydrogen) atoms. The lowest BCUT2D eigenvalue weighted by atomic mass is 9.82. The Labute approximate surface area is 242 Å². The van der Waals surface area contributed by atoms with Gasteiger partial charge in [0.2, 0.25) is 5.79 Å². The van der Waals surface area contributed by atoms with Gasteiger partial charge in [-0.2, -0.15) is 0 Å². The smallest absolute Gasteiger partial charge is 0.338 e. The molecule has 3 unspecified atom stereocenters. The Hall–Kier alpha value is -4.29. The van der Waals surface area contributed by atoms with E-state index in [-0.39, 0.29) is 25.0 Å². The fourth-order valence-corrected chi connectivity index (χ4v) is 5.09. The molecule has 0 aromatic heterocycles. The van der Waals surface area contributed by atoms with E-state index in [0.717, 1.165) is 20.8 Å². The molecule has 1 saturated heterocycles. The highest BCUT2D eigenvalue weighted by Gasteiger charge is 2.66. The minimum absolute atomic E-state index is 0.0747. The number of methoxy groups -OCH3 is 1. The van der Waals surface area contributed by atoms with Gasteiger partial charge in [-0.05, 0) is 36.4 Å². The van der Waals surface area contributed by atoms with Gasteiger partial charge in [0.25, 0.3) is 0 Å². The molecule has 224 valence electrons. The fraction of sp³-hybridized carbons (Fsp3) is 0.433. The minimum Gasteiger partial charge on any atom is -0.497 e. The largest absolute Gasteiger partial charge is 0.497 e. The molecule has 1 aliphatic heterocycles. The maximum absolute atomic E-state index is 13.6. The second-order valence-electron chi connectivity index (χ2n) is 9.81. The number of hydrogen-bond acceptors (Lipinski definition) is 12. The van der Waals surface area contributed by atoms with Crippen molar-refractivity contribution in [3.05, 3.63) is 65.7 Å². The molecule has 2 aromatic carbocycles. The normalized spacial score (nSPS) is 26.9.